The number of aryl methyl sites for hydroxylation is 1. The first-order chi connectivity index (χ1) is 9.75. The van der Waals surface area contributed by atoms with Gasteiger partial charge in [-0.25, -0.2) is 0 Å². The number of hydrogen-bond donors (Lipinski definition) is 1. The van der Waals surface area contributed by atoms with Crippen LogP contribution in [0, 0.1) is 0 Å². The SMILES string of the molecule is N[C@@H](CC1CCCO1)C(=O)OCCCc1ccccc1. The molecule has 1 aliphatic rings. The van der Waals surface area contributed by atoms with Crippen LogP contribution < -0.4 is 5.73 Å². The van der Waals surface area contributed by atoms with E-state index in [1.165, 1.54) is 5.56 Å². The summed E-state index contributed by atoms with van der Waals surface area (Å²) in [7, 11) is 0. The monoisotopic (exact) mass is 277 g/mol. The lowest BCUT2D eigenvalue weighted by molar-refractivity contribution is -0.146. The van der Waals surface area contributed by atoms with Gasteiger partial charge in [-0.1, -0.05) is 30.3 Å². The fourth-order valence-corrected chi connectivity index (χ4v) is 2.41. The van der Waals surface area contributed by atoms with Gasteiger partial charge < -0.3 is 15.2 Å². The third-order valence-corrected chi connectivity index (χ3v) is 3.54. The zero-order chi connectivity index (χ0) is 14.2. The van der Waals surface area contributed by atoms with Crippen LogP contribution >= 0.6 is 0 Å². The van der Waals surface area contributed by atoms with Crippen LogP contribution in [0.25, 0.3) is 0 Å². The summed E-state index contributed by atoms with van der Waals surface area (Å²) in [5.41, 5.74) is 7.09. The van der Waals surface area contributed by atoms with Gasteiger partial charge in [-0.15, -0.1) is 0 Å². The molecular formula is C16H23NO3. The lowest BCUT2D eigenvalue weighted by Gasteiger charge is -2.15. The molecule has 0 radical (unpaired) electrons. The van der Waals surface area contributed by atoms with Crippen molar-refractivity contribution in [3.05, 3.63) is 35.9 Å². The van der Waals surface area contributed by atoms with E-state index in [2.05, 4.69) is 12.1 Å². The maximum Gasteiger partial charge on any atom is 0.323 e. The van der Waals surface area contributed by atoms with E-state index in [-0.39, 0.29) is 12.1 Å². The highest BCUT2D eigenvalue weighted by Gasteiger charge is 2.23. The van der Waals surface area contributed by atoms with Gasteiger partial charge in [0.25, 0.3) is 0 Å². The smallest absolute Gasteiger partial charge is 0.323 e. The van der Waals surface area contributed by atoms with Crippen molar-refractivity contribution in [2.75, 3.05) is 13.2 Å². The standard InChI is InChI=1S/C16H23NO3/c17-15(12-14-9-5-10-19-14)16(18)20-11-4-8-13-6-2-1-3-7-13/h1-3,6-7,14-15H,4-5,8-12,17H2/t14?,15-/m0/s1. The number of hydrogen-bond acceptors (Lipinski definition) is 4. The maximum absolute atomic E-state index is 11.7. The Morgan fingerprint density at radius 2 is 2.20 bits per heavy atom. The molecule has 20 heavy (non-hydrogen) atoms. The van der Waals surface area contributed by atoms with Crippen LogP contribution in [0.2, 0.25) is 0 Å². The molecule has 1 saturated heterocycles. The summed E-state index contributed by atoms with van der Waals surface area (Å²) in [5, 5.41) is 0. The normalized spacial score (nSPS) is 19.8. The third kappa shape index (κ3) is 4.94. The summed E-state index contributed by atoms with van der Waals surface area (Å²) in [5.74, 6) is -0.312. The molecule has 1 fully saturated rings. The van der Waals surface area contributed by atoms with Gasteiger partial charge in [0.05, 0.1) is 12.7 Å². The molecule has 2 rings (SSSR count). The molecule has 0 saturated carbocycles. The van der Waals surface area contributed by atoms with E-state index >= 15 is 0 Å². The van der Waals surface area contributed by atoms with Crippen molar-refractivity contribution in [2.45, 2.75) is 44.2 Å². The van der Waals surface area contributed by atoms with Crippen LogP contribution in [0.3, 0.4) is 0 Å². The second kappa shape index (κ2) is 8.02. The zero-order valence-corrected chi connectivity index (χ0v) is 11.8. The van der Waals surface area contributed by atoms with Crippen molar-refractivity contribution in [1.82, 2.24) is 0 Å². The van der Waals surface area contributed by atoms with Gasteiger partial charge in [-0.05, 0) is 37.7 Å². The molecule has 0 spiro atoms. The lowest BCUT2D eigenvalue weighted by Crippen LogP contribution is -2.35. The van der Waals surface area contributed by atoms with Crippen LogP contribution in [-0.4, -0.2) is 31.3 Å². The minimum absolute atomic E-state index is 0.127. The van der Waals surface area contributed by atoms with E-state index in [0.29, 0.717) is 13.0 Å². The van der Waals surface area contributed by atoms with E-state index in [9.17, 15) is 4.79 Å². The Hall–Kier alpha value is -1.39. The minimum Gasteiger partial charge on any atom is -0.465 e. The Kier molecular flexibility index (Phi) is 6.02. The predicted molar refractivity (Wildman–Crippen MR) is 77.3 cm³/mol. The van der Waals surface area contributed by atoms with Crippen molar-refractivity contribution in [1.29, 1.82) is 0 Å². The van der Waals surface area contributed by atoms with Crippen LogP contribution in [0.5, 0.6) is 0 Å². The Bertz CT molecular complexity index is 401. The fourth-order valence-electron chi connectivity index (χ4n) is 2.41. The van der Waals surface area contributed by atoms with Gasteiger partial charge in [-0.3, -0.25) is 4.79 Å². The molecule has 1 unspecified atom stereocenters. The Morgan fingerprint density at radius 3 is 2.90 bits per heavy atom. The molecule has 0 bridgehead atoms. The van der Waals surface area contributed by atoms with Crippen LogP contribution in [0.1, 0.15) is 31.2 Å². The van der Waals surface area contributed by atoms with Gasteiger partial charge in [0, 0.05) is 6.61 Å². The van der Waals surface area contributed by atoms with Gasteiger partial charge in [0.15, 0.2) is 0 Å². The number of esters is 1. The number of rotatable bonds is 7. The van der Waals surface area contributed by atoms with E-state index in [4.69, 9.17) is 15.2 Å². The highest BCUT2D eigenvalue weighted by Crippen LogP contribution is 2.16. The van der Waals surface area contributed by atoms with Gasteiger partial charge >= 0.3 is 5.97 Å². The van der Waals surface area contributed by atoms with Gasteiger partial charge in [-0.2, -0.15) is 0 Å². The zero-order valence-electron chi connectivity index (χ0n) is 11.8. The number of benzene rings is 1. The molecule has 0 amide bonds. The van der Waals surface area contributed by atoms with E-state index in [1.807, 2.05) is 18.2 Å². The summed E-state index contributed by atoms with van der Waals surface area (Å²) in [6, 6.07) is 9.61. The molecule has 0 aromatic heterocycles. The number of carbonyl (C=O) groups is 1. The van der Waals surface area contributed by atoms with Crippen molar-refractivity contribution >= 4 is 5.97 Å². The van der Waals surface area contributed by atoms with Crippen molar-refractivity contribution < 1.29 is 14.3 Å². The quantitative estimate of drug-likeness (QED) is 0.612. The molecule has 0 aliphatic carbocycles. The molecule has 1 aromatic carbocycles. The van der Waals surface area contributed by atoms with Crippen molar-refractivity contribution in [3.8, 4) is 0 Å². The molecule has 4 nitrogen and oxygen atoms in total. The van der Waals surface area contributed by atoms with Crippen LogP contribution in [-0.2, 0) is 20.7 Å². The molecule has 110 valence electrons. The first-order valence-electron chi connectivity index (χ1n) is 7.33. The van der Waals surface area contributed by atoms with E-state index < -0.39 is 6.04 Å². The highest BCUT2D eigenvalue weighted by molar-refractivity contribution is 5.75. The van der Waals surface area contributed by atoms with Gasteiger partial charge in [0.2, 0.25) is 0 Å². The third-order valence-electron chi connectivity index (χ3n) is 3.54. The fraction of sp³-hybridized carbons (Fsp3) is 0.562. The molecule has 1 aliphatic heterocycles. The molecule has 1 heterocycles. The largest absolute Gasteiger partial charge is 0.465 e. The topological polar surface area (TPSA) is 61.5 Å². The summed E-state index contributed by atoms with van der Waals surface area (Å²) < 4.78 is 10.7. The van der Waals surface area contributed by atoms with E-state index in [1.54, 1.807) is 0 Å². The number of carbonyl (C=O) groups excluding carboxylic acids is 1. The second-order valence-electron chi connectivity index (χ2n) is 5.23. The van der Waals surface area contributed by atoms with Crippen molar-refractivity contribution in [2.24, 2.45) is 5.73 Å². The number of nitrogens with two attached hydrogens (primary N) is 1. The van der Waals surface area contributed by atoms with Crippen LogP contribution in [0.4, 0.5) is 0 Å². The first-order valence-corrected chi connectivity index (χ1v) is 7.33. The van der Waals surface area contributed by atoms with Crippen LogP contribution in [0.15, 0.2) is 30.3 Å². The summed E-state index contributed by atoms with van der Waals surface area (Å²) in [6.45, 7) is 1.20. The number of ether oxygens (including phenoxy) is 2. The summed E-state index contributed by atoms with van der Waals surface area (Å²) in [6.07, 6.45) is 4.48. The van der Waals surface area contributed by atoms with Crippen molar-refractivity contribution in [3.63, 3.8) is 0 Å². The molecule has 1 aromatic rings. The Morgan fingerprint density at radius 1 is 1.40 bits per heavy atom. The average Bonchev–Trinajstić information content (AvgIpc) is 2.97. The predicted octanol–water partition coefficient (Wildman–Crippen LogP) is 2.06. The molecule has 4 heteroatoms. The Balaban J connectivity index is 1.59. The second-order valence-corrected chi connectivity index (χ2v) is 5.23. The Labute approximate surface area is 120 Å². The molecule has 2 atom stereocenters. The highest BCUT2D eigenvalue weighted by atomic mass is 16.5. The van der Waals surface area contributed by atoms with E-state index in [0.717, 1.165) is 32.3 Å². The molecular weight excluding hydrogens is 254 g/mol. The van der Waals surface area contributed by atoms with Gasteiger partial charge in [0.1, 0.15) is 6.04 Å². The first kappa shape index (κ1) is 15.0. The maximum atomic E-state index is 11.7. The lowest BCUT2D eigenvalue weighted by atomic mass is 10.1. The molecule has 2 N–H and O–H groups in total. The minimum atomic E-state index is -0.560. The summed E-state index contributed by atoms with van der Waals surface area (Å²) >= 11 is 0. The average molecular weight is 277 g/mol. The summed E-state index contributed by atoms with van der Waals surface area (Å²) in [4.78, 5) is 11.7.